The molecule has 0 aliphatic carbocycles. The average molecular weight is 150 g/mol. The standard InChI is InChI=1S/C4H5FO5/c5-4(1-6,2(7)8)3(9)10/h6H,1H2,(H,7,8)(H,9,10)/p-2. The molecule has 0 saturated carbocycles. The molecule has 0 heterocycles. The van der Waals surface area contributed by atoms with Crippen LogP contribution in [-0.2, 0) is 9.59 Å². The van der Waals surface area contributed by atoms with E-state index in [9.17, 15) is 24.2 Å². The lowest BCUT2D eigenvalue weighted by atomic mass is 10.1. The van der Waals surface area contributed by atoms with Crippen LogP contribution in [0.3, 0.4) is 0 Å². The van der Waals surface area contributed by atoms with Crippen molar-refractivity contribution in [1.29, 1.82) is 0 Å². The van der Waals surface area contributed by atoms with Crippen LogP contribution in [0.15, 0.2) is 0 Å². The Bertz CT molecular complexity index is 151. The maximum atomic E-state index is 12.2. The smallest absolute Gasteiger partial charge is 0.212 e. The van der Waals surface area contributed by atoms with Crippen LogP contribution >= 0.6 is 0 Å². The molecule has 6 heteroatoms. The molecule has 0 aromatic heterocycles. The molecule has 0 unspecified atom stereocenters. The summed E-state index contributed by atoms with van der Waals surface area (Å²) in [7, 11) is 0. The number of hydrogen-bond donors (Lipinski definition) is 1. The highest BCUT2D eigenvalue weighted by atomic mass is 19.1. The zero-order chi connectivity index (χ0) is 8.36. The maximum Gasteiger partial charge on any atom is 0.212 e. The number of carboxylic acid groups (broad SMARTS) is 2. The van der Waals surface area contributed by atoms with E-state index in [1.807, 2.05) is 0 Å². The topological polar surface area (TPSA) is 100 Å². The SMILES string of the molecule is O=C([O-])C(F)(CO)C(=O)[O-]. The first-order chi connectivity index (χ1) is 4.45. The summed E-state index contributed by atoms with van der Waals surface area (Å²) < 4.78 is 12.2. The number of aliphatic carboxylic acids is 2. The van der Waals surface area contributed by atoms with Gasteiger partial charge in [0.2, 0.25) is 5.67 Å². The Morgan fingerprint density at radius 1 is 1.40 bits per heavy atom. The first-order valence-electron chi connectivity index (χ1n) is 2.18. The monoisotopic (exact) mass is 150 g/mol. The van der Waals surface area contributed by atoms with Crippen molar-refractivity contribution in [3.05, 3.63) is 0 Å². The minimum absolute atomic E-state index is 1.70. The van der Waals surface area contributed by atoms with Gasteiger partial charge in [-0.2, -0.15) is 0 Å². The van der Waals surface area contributed by atoms with Crippen molar-refractivity contribution in [3.8, 4) is 0 Å². The second-order valence-electron chi connectivity index (χ2n) is 1.53. The van der Waals surface area contributed by atoms with Gasteiger partial charge in [-0.15, -0.1) is 0 Å². The van der Waals surface area contributed by atoms with E-state index in [0.29, 0.717) is 0 Å². The largest absolute Gasteiger partial charge is 0.546 e. The normalized spacial score (nSPS) is 11.0. The minimum atomic E-state index is -3.79. The Morgan fingerprint density at radius 3 is 1.70 bits per heavy atom. The summed E-state index contributed by atoms with van der Waals surface area (Å²) in [4.78, 5) is 19.3. The molecule has 0 atom stereocenters. The van der Waals surface area contributed by atoms with Gasteiger partial charge in [0, 0.05) is 0 Å². The molecular formula is C4H3FO5-2. The summed E-state index contributed by atoms with van der Waals surface area (Å²) in [6.45, 7) is -1.70. The molecule has 0 spiro atoms. The van der Waals surface area contributed by atoms with Crippen molar-refractivity contribution in [2.45, 2.75) is 5.67 Å². The van der Waals surface area contributed by atoms with Crippen LogP contribution in [0.25, 0.3) is 0 Å². The van der Waals surface area contributed by atoms with Gasteiger partial charge in [0.05, 0.1) is 18.5 Å². The molecule has 0 aromatic carbocycles. The predicted octanol–water partition coefficient (Wildman–Crippen LogP) is -3.81. The van der Waals surface area contributed by atoms with E-state index < -0.39 is 24.2 Å². The number of aliphatic hydroxyl groups is 1. The number of carboxylic acids is 2. The van der Waals surface area contributed by atoms with Gasteiger partial charge in [0.15, 0.2) is 0 Å². The quantitative estimate of drug-likeness (QED) is 0.415. The van der Waals surface area contributed by atoms with Crippen LogP contribution in [0.1, 0.15) is 0 Å². The van der Waals surface area contributed by atoms with Gasteiger partial charge in [0.25, 0.3) is 0 Å². The molecule has 1 N–H and O–H groups in total. The molecule has 0 saturated heterocycles. The highest BCUT2D eigenvalue weighted by Crippen LogP contribution is 2.06. The summed E-state index contributed by atoms with van der Waals surface area (Å²) in [5.74, 6) is -5.04. The van der Waals surface area contributed by atoms with Crippen LogP contribution in [0.5, 0.6) is 0 Å². The number of hydrogen-bond acceptors (Lipinski definition) is 5. The summed E-state index contributed by atoms with van der Waals surface area (Å²) in [5, 5.41) is 27.2. The van der Waals surface area contributed by atoms with Gasteiger partial charge < -0.3 is 24.9 Å². The number of aliphatic hydroxyl groups excluding tert-OH is 1. The van der Waals surface area contributed by atoms with E-state index in [4.69, 9.17) is 5.11 Å². The van der Waals surface area contributed by atoms with E-state index in [2.05, 4.69) is 0 Å². The first kappa shape index (κ1) is 8.83. The number of carbonyl (C=O) groups is 2. The van der Waals surface area contributed by atoms with E-state index in [1.54, 1.807) is 0 Å². The predicted molar refractivity (Wildman–Crippen MR) is 20.9 cm³/mol. The second-order valence-corrected chi connectivity index (χ2v) is 1.53. The van der Waals surface area contributed by atoms with E-state index in [0.717, 1.165) is 0 Å². The van der Waals surface area contributed by atoms with Crippen LogP contribution in [-0.4, -0.2) is 29.3 Å². The number of rotatable bonds is 3. The maximum absolute atomic E-state index is 12.2. The Morgan fingerprint density at radius 2 is 1.70 bits per heavy atom. The molecule has 0 aliphatic heterocycles. The first-order valence-corrected chi connectivity index (χ1v) is 2.18. The Labute approximate surface area is 54.7 Å². The van der Waals surface area contributed by atoms with Gasteiger partial charge in [0.1, 0.15) is 0 Å². The molecule has 0 radical (unpaired) electrons. The molecule has 58 valence electrons. The molecule has 0 aliphatic rings. The van der Waals surface area contributed by atoms with Crippen LogP contribution < -0.4 is 10.2 Å². The van der Waals surface area contributed by atoms with Gasteiger partial charge in [-0.1, -0.05) is 0 Å². The van der Waals surface area contributed by atoms with Gasteiger partial charge in [-0.05, 0) is 0 Å². The summed E-state index contributed by atoms with van der Waals surface area (Å²) in [5.41, 5.74) is -3.79. The van der Waals surface area contributed by atoms with E-state index >= 15 is 0 Å². The van der Waals surface area contributed by atoms with Crippen molar-refractivity contribution in [1.82, 2.24) is 0 Å². The number of carbonyl (C=O) groups excluding carboxylic acids is 2. The molecule has 0 aromatic rings. The fourth-order valence-corrected chi connectivity index (χ4v) is 0.212. The Kier molecular flexibility index (Phi) is 2.30. The molecular weight excluding hydrogens is 147 g/mol. The van der Waals surface area contributed by atoms with E-state index in [-0.39, 0.29) is 0 Å². The van der Waals surface area contributed by atoms with Crippen molar-refractivity contribution in [3.63, 3.8) is 0 Å². The van der Waals surface area contributed by atoms with Crippen LogP contribution in [0, 0.1) is 0 Å². The molecule has 0 fully saturated rings. The Hall–Kier alpha value is -1.17. The van der Waals surface area contributed by atoms with Crippen molar-refractivity contribution in [2.75, 3.05) is 6.61 Å². The number of alkyl halides is 1. The lowest BCUT2D eigenvalue weighted by Crippen LogP contribution is -2.58. The molecule has 0 rings (SSSR count). The lowest BCUT2D eigenvalue weighted by molar-refractivity contribution is -0.345. The summed E-state index contributed by atoms with van der Waals surface area (Å²) in [6, 6.07) is 0. The van der Waals surface area contributed by atoms with Crippen LogP contribution in [0.2, 0.25) is 0 Å². The summed E-state index contributed by atoms with van der Waals surface area (Å²) in [6.07, 6.45) is 0. The molecule has 5 nitrogen and oxygen atoms in total. The molecule has 0 amide bonds. The van der Waals surface area contributed by atoms with Gasteiger partial charge >= 0.3 is 0 Å². The average Bonchev–Trinajstić information content (AvgIpc) is 1.85. The van der Waals surface area contributed by atoms with Crippen molar-refractivity contribution >= 4 is 11.9 Å². The Balaban J connectivity index is 4.55. The summed E-state index contributed by atoms with van der Waals surface area (Å²) >= 11 is 0. The molecule has 10 heavy (non-hydrogen) atoms. The van der Waals surface area contributed by atoms with Crippen LogP contribution in [0.4, 0.5) is 4.39 Å². The fourth-order valence-electron chi connectivity index (χ4n) is 0.212. The van der Waals surface area contributed by atoms with Crippen molar-refractivity contribution < 1.29 is 29.3 Å². The van der Waals surface area contributed by atoms with Gasteiger partial charge in [-0.3, -0.25) is 0 Å². The zero-order valence-electron chi connectivity index (χ0n) is 4.67. The van der Waals surface area contributed by atoms with Gasteiger partial charge in [-0.25, -0.2) is 4.39 Å². The molecule has 0 bridgehead atoms. The minimum Gasteiger partial charge on any atom is -0.546 e. The zero-order valence-corrected chi connectivity index (χ0v) is 4.67. The van der Waals surface area contributed by atoms with Crippen molar-refractivity contribution in [2.24, 2.45) is 0 Å². The highest BCUT2D eigenvalue weighted by Gasteiger charge is 2.32. The highest BCUT2D eigenvalue weighted by molar-refractivity contribution is 5.99. The third-order valence-electron chi connectivity index (χ3n) is 0.865. The number of halogens is 1. The fraction of sp³-hybridized carbons (Fsp3) is 0.500. The van der Waals surface area contributed by atoms with E-state index in [1.165, 1.54) is 0 Å². The second kappa shape index (κ2) is 2.61. The third kappa shape index (κ3) is 1.21. The lowest BCUT2D eigenvalue weighted by Gasteiger charge is -2.24. The third-order valence-corrected chi connectivity index (χ3v) is 0.865.